The van der Waals surface area contributed by atoms with Gasteiger partial charge >= 0.3 is 0 Å². The summed E-state index contributed by atoms with van der Waals surface area (Å²) in [5, 5.41) is 0. The molecule has 0 radical (unpaired) electrons. The van der Waals surface area contributed by atoms with Crippen LogP contribution in [-0.2, 0) is 4.74 Å². The molecule has 1 aromatic carbocycles. The zero-order valence-electron chi connectivity index (χ0n) is 12.0. The molecule has 3 rings (SSSR count). The first-order valence-corrected chi connectivity index (χ1v) is 8.42. The summed E-state index contributed by atoms with van der Waals surface area (Å²) < 4.78 is 26.1. The Morgan fingerprint density at radius 1 is 1.29 bits per heavy atom. The van der Waals surface area contributed by atoms with Crippen LogP contribution in [0, 0.1) is 5.82 Å². The number of halogens is 2. The minimum atomic E-state index is -0.348. The first kappa shape index (κ1) is 15.1. The molecule has 1 atom stereocenters. The molecule has 1 saturated carbocycles. The molecule has 2 fully saturated rings. The second-order valence-electron chi connectivity index (χ2n) is 6.13. The van der Waals surface area contributed by atoms with Crippen molar-refractivity contribution in [3.8, 4) is 5.75 Å². The van der Waals surface area contributed by atoms with Crippen molar-refractivity contribution in [1.29, 1.82) is 0 Å². The Kier molecular flexibility index (Phi) is 4.41. The maximum Gasteiger partial charge on any atom is 0.145 e. The highest BCUT2D eigenvalue weighted by atomic mass is 79.9. The van der Waals surface area contributed by atoms with E-state index >= 15 is 0 Å². The van der Waals surface area contributed by atoms with Crippen molar-refractivity contribution in [2.75, 3.05) is 12.3 Å². The van der Waals surface area contributed by atoms with Gasteiger partial charge in [0.05, 0.1) is 22.4 Å². The van der Waals surface area contributed by atoms with E-state index in [9.17, 15) is 4.39 Å². The average Bonchev–Trinajstić information content (AvgIpc) is 2.46. The molecule has 1 heterocycles. The molecule has 0 bridgehead atoms. The molecule has 2 aliphatic rings. The summed E-state index contributed by atoms with van der Waals surface area (Å²) in [4.78, 5) is 0. The van der Waals surface area contributed by atoms with E-state index in [1.807, 2.05) is 0 Å². The van der Waals surface area contributed by atoms with Crippen molar-refractivity contribution in [3.63, 3.8) is 0 Å². The topological polar surface area (TPSA) is 44.5 Å². The van der Waals surface area contributed by atoms with Gasteiger partial charge < -0.3 is 15.2 Å². The lowest BCUT2D eigenvalue weighted by atomic mass is 9.79. The predicted molar refractivity (Wildman–Crippen MR) is 83.9 cm³/mol. The summed E-state index contributed by atoms with van der Waals surface area (Å²) in [5.41, 5.74) is 6.37. The summed E-state index contributed by atoms with van der Waals surface area (Å²) in [6.45, 7) is 0.712. The summed E-state index contributed by atoms with van der Waals surface area (Å²) in [6.07, 6.45) is 7.72. The van der Waals surface area contributed by atoms with Gasteiger partial charge in [0, 0.05) is 18.9 Å². The standard InChI is InChI=1S/C16H21BrFNO2/c17-12-8-14(19)15(9-13(12)18)21-11-4-7-20-16(10-11)5-2-1-3-6-16/h8-9,11H,1-7,10,19H2. The van der Waals surface area contributed by atoms with Crippen molar-refractivity contribution in [1.82, 2.24) is 0 Å². The van der Waals surface area contributed by atoms with Gasteiger partial charge in [-0.05, 0) is 34.8 Å². The Bertz CT molecular complexity index is 512. The lowest BCUT2D eigenvalue weighted by molar-refractivity contribution is -0.129. The number of hydrogen-bond donors (Lipinski definition) is 1. The molecule has 21 heavy (non-hydrogen) atoms. The fourth-order valence-corrected chi connectivity index (χ4v) is 3.81. The molecule has 2 N–H and O–H groups in total. The summed E-state index contributed by atoms with van der Waals surface area (Å²) >= 11 is 3.13. The van der Waals surface area contributed by atoms with E-state index in [0.717, 1.165) is 25.7 Å². The Hall–Kier alpha value is -0.810. The van der Waals surface area contributed by atoms with Crippen LogP contribution in [0.5, 0.6) is 5.75 Å². The van der Waals surface area contributed by atoms with E-state index in [4.69, 9.17) is 15.2 Å². The molecule has 0 amide bonds. The number of nitrogens with two attached hydrogens (primary N) is 1. The van der Waals surface area contributed by atoms with Crippen LogP contribution in [0.3, 0.4) is 0 Å². The minimum absolute atomic E-state index is 0.0240. The normalized spacial score (nSPS) is 25.0. The van der Waals surface area contributed by atoms with Gasteiger partial charge in [0.1, 0.15) is 17.7 Å². The van der Waals surface area contributed by atoms with Crippen molar-refractivity contribution >= 4 is 21.6 Å². The van der Waals surface area contributed by atoms with E-state index in [2.05, 4.69) is 15.9 Å². The quantitative estimate of drug-likeness (QED) is 0.796. The number of anilines is 1. The van der Waals surface area contributed by atoms with Crippen LogP contribution in [0.2, 0.25) is 0 Å². The van der Waals surface area contributed by atoms with E-state index < -0.39 is 0 Å². The van der Waals surface area contributed by atoms with Gasteiger partial charge in [0.2, 0.25) is 0 Å². The fraction of sp³-hybridized carbons (Fsp3) is 0.625. The van der Waals surface area contributed by atoms with Crippen LogP contribution in [0.25, 0.3) is 0 Å². The van der Waals surface area contributed by atoms with Crippen LogP contribution in [0.15, 0.2) is 16.6 Å². The zero-order valence-corrected chi connectivity index (χ0v) is 13.6. The van der Waals surface area contributed by atoms with Gasteiger partial charge in [0.15, 0.2) is 0 Å². The van der Waals surface area contributed by atoms with E-state index in [-0.39, 0.29) is 17.5 Å². The lowest BCUT2D eigenvalue weighted by Crippen LogP contribution is -2.45. The van der Waals surface area contributed by atoms with E-state index in [0.29, 0.717) is 22.5 Å². The SMILES string of the molecule is Nc1cc(Br)c(F)cc1OC1CCOC2(CCCCC2)C1. The maximum absolute atomic E-state index is 13.7. The molecular formula is C16H21BrFNO2. The third kappa shape index (κ3) is 3.34. The molecular weight excluding hydrogens is 337 g/mol. The van der Waals surface area contributed by atoms with Crippen molar-refractivity contribution in [3.05, 3.63) is 22.4 Å². The van der Waals surface area contributed by atoms with Crippen molar-refractivity contribution < 1.29 is 13.9 Å². The molecule has 1 spiro atoms. The Morgan fingerprint density at radius 2 is 2.05 bits per heavy atom. The molecule has 116 valence electrons. The van der Waals surface area contributed by atoms with E-state index in [1.165, 1.54) is 25.3 Å². The zero-order chi connectivity index (χ0) is 14.9. The maximum atomic E-state index is 13.7. The highest BCUT2D eigenvalue weighted by molar-refractivity contribution is 9.10. The molecule has 1 aliphatic carbocycles. The lowest BCUT2D eigenvalue weighted by Gasteiger charge is -2.43. The summed E-state index contributed by atoms with van der Waals surface area (Å²) in [5.74, 6) is 0.0900. The van der Waals surface area contributed by atoms with Gasteiger partial charge in [-0.3, -0.25) is 0 Å². The summed E-state index contributed by atoms with van der Waals surface area (Å²) in [6, 6.07) is 2.92. The van der Waals surface area contributed by atoms with Crippen LogP contribution in [0.4, 0.5) is 10.1 Å². The molecule has 1 unspecified atom stereocenters. The Labute approximate surface area is 133 Å². The molecule has 3 nitrogen and oxygen atoms in total. The third-order valence-electron chi connectivity index (χ3n) is 4.56. The van der Waals surface area contributed by atoms with Crippen LogP contribution >= 0.6 is 15.9 Å². The third-order valence-corrected chi connectivity index (χ3v) is 5.17. The van der Waals surface area contributed by atoms with Crippen LogP contribution in [-0.4, -0.2) is 18.3 Å². The van der Waals surface area contributed by atoms with Gasteiger partial charge in [-0.1, -0.05) is 19.3 Å². The van der Waals surface area contributed by atoms with E-state index in [1.54, 1.807) is 6.07 Å². The summed E-state index contributed by atoms with van der Waals surface area (Å²) in [7, 11) is 0. The van der Waals surface area contributed by atoms with Crippen LogP contribution in [0.1, 0.15) is 44.9 Å². The van der Waals surface area contributed by atoms with Gasteiger partial charge in [0.25, 0.3) is 0 Å². The van der Waals surface area contributed by atoms with Gasteiger partial charge in [-0.25, -0.2) is 4.39 Å². The second-order valence-corrected chi connectivity index (χ2v) is 6.98. The second kappa shape index (κ2) is 6.13. The largest absolute Gasteiger partial charge is 0.488 e. The molecule has 1 aromatic rings. The number of nitrogen functional groups attached to an aromatic ring is 1. The van der Waals surface area contributed by atoms with Crippen LogP contribution < -0.4 is 10.5 Å². The van der Waals surface area contributed by atoms with Gasteiger partial charge in [-0.15, -0.1) is 0 Å². The Balaban J connectivity index is 1.71. The van der Waals surface area contributed by atoms with Gasteiger partial charge in [-0.2, -0.15) is 0 Å². The predicted octanol–water partition coefficient (Wildman–Crippen LogP) is 4.43. The van der Waals surface area contributed by atoms with Crippen molar-refractivity contribution in [2.24, 2.45) is 0 Å². The minimum Gasteiger partial charge on any atom is -0.488 e. The highest BCUT2D eigenvalue weighted by Crippen LogP contribution is 2.40. The number of rotatable bonds is 2. The molecule has 0 aromatic heterocycles. The molecule has 1 saturated heterocycles. The first-order chi connectivity index (χ1) is 10.1. The monoisotopic (exact) mass is 357 g/mol. The molecule has 5 heteroatoms. The number of ether oxygens (including phenoxy) is 2. The Morgan fingerprint density at radius 3 is 2.81 bits per heavy atom. The number of hydrogen-bond acceptors (Lipinski definition) is 3. The first-order valence-electron chi connectivity index (χ1n) is 7.63. The fourth-order valence-electron chi connectivity index (χ4n) is 3.45. The van der Waals surface area contributed by atoms with Crippen molar-refractivity contribution in [2.45, 2.75) is 56.7 Å². The highest BCUT2D eigenvalue weighted by Gasteiger charge is 2.39. The average molecular weight is 358 g/mol. The molecule has 1 aliphatic heterocycles. The smallest absolute Gasteiger partial charge is 0.145 e. The number of benzene rings is 1.